The Kier molecular flexibility index (Phi) is 2.94. The largest absolute Gasteiger partial charge is 0.406 e. The minimum atomic E-state index is -6.65. The number of halogens is 5. The highest BCUT2D eigenvalue weighted by molar-refractivity contribution is 5.87. The lowest BCUT2D eigenvalue weighted by molar-refractivity contribution is -0.162. The van der Waals surface area contributed by atoms with Crippen molar-refractivity contribution in [1.29, 1.82) is 0 Å². The molecule has 214 valence electrons. The van der Waals surface area contributed by atoms with Crippen molar-refractivity contribution in [3.8, 4) is 0 Å². The number of rotatable bonds is 4. The molecule has 9 nitrogen and oxygen atoms in total. The van der Waals surface area contributed by atoms with E-state index >= 15 is 4.39 Å². The Morgan fingerprint density at radius 2 is 2.05 bits per heavy atom. The molecule has 2 unspecified atom stereocenters. The molecule has 2 N–H and O–H groups in total. The van der Waals surface area contributed by atoms with E-state index in [-0.39, 0.29) is 9.54 Å². The summed E-state index contributed by atoms with van der Waals surface area (Å²) in [6, 6.07) is -19.4. The predicted octanol–water partition coefficient (Wildman–Crippen LogP) is 3.69. The van der Waals surface area contributed by atoms with Gasteiger partial charge in [-0.05, 0) is 49.2 Å². The number of hydrogen-bond donors (Lipinski definition) is 2. The van der Waals surface area contributed by atoms with E-state index in [1.165, 1.54) is 0 Å². The molecule has 0 radical (unpaired) electrons. The van der Waals surface area contributed by atoms with Crippen LogP contribution in [0.1, 0.15) is 73.2 Å². The summed E-state index contributed by atoms with van der Waals surface area (Å²) < 4.78 is 275. The second-order valence-electron chi connectivity index (χ2n) is 7.48. The van der Waals surface area contributed by atoms with Gasteiger partial charge >= 0.3 is 17.9 Å². The Balaban J connectivity index is 1.83. The molecule has 40 heavy (non-hydrogen) atoms. The fraction of sp³-hybridized carbons (Fsp3) is 0.462. The first kappa shape index (κ1) is 10.8. The summed E-state index contributed by atoms with van der Waals surface area (Å²) in [5.74, 6) is -12.8. The SMILES string of the molecule is [2H]c1nc2c(c([2H])c1[2H])n(C1C([2H])C([2H])([2H])N(C(=O)N([2H])[C@@]3([2H])C(=O)N(C([2H])([2H])C(F)(F)F)C([2H])([2H])[C@H](c4c([2H])c([2H])c([2H])c(F)c4F)C([2H])([2H])C3([2H])[2H])C([2H])([2H])C1([2H])[2H])c(=O)n2[2H]. The first-order chi connectivity index (χ1) is 28.5. The first-order valence-corrected chi connectivity index (χ1v) is 10.5. The van der Waals surface area contributed by atoms with Crippen LogP contribution < -0.4 is 11.0 Å². The molecule has 2 saturated heterocycles. The van der Waals surface area contributed by atoms with E-state index in [4.69, 9.17) is 33.0 Å². The van der Waals surface area contributed by atoms with E-state index in [1.54, 1.807) is 0 Å². The van der Waals surface area contributed by atoms with Gasteiger partial charge in [-0.2, -0.15) is 13.2 Å². The van der Waals surface area contributed by atoms with E-state index in [0.717, 1.165) is 0 Å². The van der Waals surface area contributed by atoms with Gasteiger partial charge in [0, 0.05) is 52.7 Å². The number of likely N-dealkylation sites (tertiary alicyclic amines) is 2. The molecule has 0 saturated carbocycles. The lowest BCUT2D eigenvalue weighted by Crippen LogP contribution is -2.54. The van der Waals surface area contributed by atoms with Crippen molar-refractivity contribution < 1.29 is 64.5 Å². The molecule has 5 rings (SSSR count). The third-order valence-electron chi connectivity index (χ3n) is 4.95. The molecule has 0 bridgehead atoms. The number of amides is 3. The molecule has 14 heteroatoms. The summed E-state index contributed by atoms with van der Waals surface area (Å²) in [5.41, 5.74) is -6.18. The Labute approximate surface area is 258 Å². The fourth-order valence-electron chi connectivity index (χ4n) is 3.28. The van der Waals surface area contributed by atoms with E-state index in [2.05, 4.69) is 4.98 Å². The number of piperidine rings is 1. The van der Waals surface area contributed by atoms with Crippen LogP contribution in [0.15, 0.2) is 41.2 Å². The number of urea groups is 1. The summed E-state index contributed by atoms with van der Waals surface area (Å²) in [6.07, 6.45) is -25.3. The molecule has 2 aliphatic heterocycles. The van der Waals surface area contributed by atoms with Crippen molar-refractivity contribution in [2.45, 2.75) is 49.7 Å². The lowest BCUT2D eigenvalue weighted by atomic mass is 9.93. The predicted molar refractivity (Wildman–Crippen MR) is 133 cm³/mol. The zero-order chi connectivity index (χ0) is 49.9. The normalized spacial score (nSPS) is 42.7. The Morgan fingerprint density at radius 3 is 2.83 bits per heavy atom. The number of aromatic nitrogens is 3. The number of nitrogens with one attached hydrogen (secondary N) is 2. The van der Waals surface area contributed by atoms with E-state index in [1.807, 2.05) is 0 Å². The van der Waals surface area contributed by atoms with Crippen molar-refractivity contribution in [1.82, 2.24) is 29.6 Å². The number of nitrogens with zero attached hydrogens (tertiary/aromatic N) is 4. The summed E-state index contributed by atoms with van der Waals surface area (Å²) >= 11 is 0. The fourth-order valence-corrected chi connectivity index (χ4v) is 3.28. The quantitative estimate of drug-likeness (QED) is 0.453. The van der Waals surface area contributed by atoms with Gasteiger partial charge in [-0.25, -0.2) is 23.4 Å². The maximum absolute atomic E-state index is 15.7. The smallest absolute Gasteiger partial charge is 0.331 e. The second kappa shape index (κ2) is 10.9. The number of carbonyl (C=O) groups excluding carboxylic acids is 2. The highest BCUT2D eigenvalue weighted by Gasteiger charge is 2.40. The number of fused-ring (bicyclic) bond motifs is 1. The monoisotopic (exact) mass is 590 g/mol. The molecule has 2 aromatic heterocycles. The summed E-state index contributed by atoms with van der Waals surface area (Å²) in [5, 5.41) is -1.68. The van der Waals surface area contributed by atoms with Crippen LogP contribution >= 0.6 is 0 Å². The first-order valence-electron chi connectivity index (χ1n) is 22.4. The summed E-state index contributed by atoms with van der Waals surface area (Å²) in [4.78, 5) is 42.3. The van der Waals surface area contributed by atoms with Gasteiger partial charge in [0.1, 0.15) is 12.5 Å². The molecule has 3 aromatic rings. The van der Waals surface area contributed by atoms with Crippen LogP contribution in [0.25, 0.3) is 11.2 Å². The maximum Gasteiger partial charge on any atom is 0.406 e. The summed E-state index contributed by atoms with van der Waals surface area (Å²) in [6.45, 7) is -19.7. The molecule has 2 fully saturated rings. The van der Waals surface area contributed by atoms with Crippen molar-refractivity contribution in [3.63, 3.8) is 0 Å². The van der Waals surface area contributed by atoms with Gasteiger partial charge in [0.25, 0.3) is 0 Å². The molecule has 4 atom stereocenters. The van der Waals surface area contributed by atoms with Crippen molar-refractivity contribution in [2.24, 2.45) is 0 Å². The van der Waals surface area contributed by atoms with Gasteiger partial charge in [0.2, 0.25) is 5.91 Å². The molecular weight excluding hydrogens is 539 g/mol. The van der Waals surface area contributed by atoms with Crippen LogP contribution in [-0.4, -0.2) is 74.4 Å². The van der Waals surface area contributed by atoms with Crippen LogP contribution in [-0.2, 0) is 4.79 Å². The van der Waals surface area contributed by atoms with Gasteiger partial charge in [-0.15, -0.1) is 0 Å². The Hall–Kier alpha value is -3.97. The average Bonchev–Trinajstić information content (AvgIpc) is 3.37. The number of benzene rings is 1. The maximum atomic E-state index is 15.7. The van der Waals surface area contributed by atoms with E-state index in [9.17, 15) is 31.9 Å². The molecule has 2 aliphatic rings. The third kappa shape index (κ3) is 5.65. The zero-order valence-corrected chi connectivity index (χ0v) is 19.0. The van der Waals surface area contributed by atoms with Crippen LogP contribution in [0.4, 0.5) is 26.7 Å². The van der Waals surface area contributed by atoms with Crippen LogP contribution in [0.3, 0.4) is 0 Å². The van der Waals surface area contributed by atoms with Crippen LogP contribution in [0.2, 0.25) is 2.82 Å². The number of H-pyrrole nitrogens is 1. The minimum Gasteiger partial charge on any atom is -0.331 e. The van der Waals surface area contributed by atoms with Gasteiger partial charge in [0.15, 0.2) is 20.1 Å². The molecule has 0 aliphatic carbocycles. The average molecular weight is 591 g/mol. The van der Waals surface area contributed by atoms with Crippen molar-refractivity contribution >= 4 is 23.1 Å². The Bertz CT molecular complexity index is 2540. The van der Waals surface area contributed by atoms with Gasteiger partial charge in [0.05, 0.1) is 20.6 Å². The number of pyridine rings is 1. The number of aromatic amines is 1. The zero-order valence-electron chi connectivity index (χ0n) is 43.0. The van der Waals surface area contributed by atoms with Gasteiger partial charge < -0.3 is 15.1 Å². The number of hydrogen-bond acceptors (Lipinski definition) is 4. The van der Waals surface area contributed by atoms with Crippen molar-refractivity contribution in [3.05, 3.63) is 64.1 Å². The minimum absolute atomic E-state index is 0.103. The Morgan fingerprint density at radius 1 is 1.25 bits per heavy atom. The highest BCUT2D eigenvalue weighted by atomic mass is 19.4. The second-order valence-corrected chi connectivity index (χ2v) is 7.48. The molecular formula is C26H27F5N6O3. The summed E-state index contributed by atoms with van der Waals surface area (Å²) in [7, 11) is 0. The number of carbonyl (C=O) groups is 2. The third-order valence-corrected chi connectivity index (χ3v) is 4.95. The topological polar surface area (TPSA) is 103 Å². The van der Waals surface area contributed by atoms with Gasteiger partial charge in [-0.3, -0.25) is 14.3 Å². The number of alkyl halides is 3. The van der Waals surface area contributed by atoms with Gasteiger partial charge in [-0.1, -0.05) is 12.1 Å². The van der Waals surface area contributed by atoms with Crippen LogP contribution in [0, 0.1) is 11.6 Å². The standard InChI is InChI=1S/C26H27F5N6O3/c27-18-4-1-3-17(21(18)28)15-6-7-19(23(38)36(13-15)14-26(29,30)31)33-24(39)35-11-8-16(9-12-35)37-20-5-2-10-32-22(20)34-25(37)40/h1-5,10,15-16,19H,6-9,11-14H2,(H,33,39)(H,32,34,40)/t15-,19-/m1/s1/i1D,2D,3D,4D,5D,6D2,7D2,8D,9D2,10D,11D2,12D2,13D2,14D2,19D/hD2/t8?,15-,16?,19-. The molecule has 1 aromatic carbocycles. The molecule has 3 amide bonds. The number of imidazole rings is 1. The highest BCUT2D eigenvalue weighted by Crippen LogP contribution is 2.32. The molecule has 0 spiro atoms. The van der Waals surface area contributed by atoms with Crippen LogP contribution in [0.5, 0.6) is 0 Å². The van der Waals surface area contributed by atoms with E-state index < -0.39 is 173 Å². The van der Waals surface area contributed by atoms with E-state index in [0.29, 0.717) is 0 Å². The molecule has 4 heterocycles. The lowest BCUT2D eigenvalue weighted by Gasteiger charge is -2.34. The van der Waals surface area contributed by atoms with Crippen molar-refractivity contribution in [2.75, 3.05) is 26.0 Å².